The van der Waals surface area contributed by atoms with Gasteiger partial charge in [0, 0.05) is 5.69 Å². The normalized spacial score (nSPS) is 11.0. The van der Waals surface area contributed by atoms with Gasteiger partial charge < -0.3 is 14.8 Å². The molecule has 0 bridgehead atoms. The maximum absolute atomic E-state index is 13.5. The second kappa shape index (κ2) is 7.85. The van der Waals surface area contributed by atoms with Crippen LogP contribution in [-0.4, -0.2) is 25.6 Å². The Morgan fingerprint density at radius 2 is 1.73 bits per heavy atom. The molecule has 0 fully saturated rings. The number of hydrogen-bond acceptors (Lipinski definition) is 4. The van der Waals surface area contributed by atoms with Gasteiger partial charge in [-0.1, -0.05) is 0 Å². The Labute approximate surface area is 145 Å². The number of nitrogens with one attached hydrogen (secondary N) is 1. The number of rotatable bonds is 5. The van der Waals surface area contributed by atoms with Crippen LogP contribution in [0.2, 0.25) is 0 Å². The van der Waals surface area contributed by atoms with Gasteiger partial charge in [-0.25, -0.2) is 9.18 Å². The molecular formula is C17H13F4NO4. The quantitative estimate of drug-likeness (QED) is 0.644. The minimum atomic E-state index is -4.48. The van der Waals surface area contributed by atoms with E-state index in [2.05, 4.69) is 5.32 Å². The van der Waals surface area contributed by atoms with Gasteiger partial charge in [-0.2, -0.15) is 13.2 Å². The zero-order valence-electron chi connectivity index (χ0n) is 13.4. The fourth-order valence-corrected chi connectivity index (χ4v) is 1.95. The van der Waals surface area contributed by atoms with Crippen molar-refractivity contribution in [3.63, 3.8) is 0 Å². The van der Waals surface area contributed by atoms with Gasteiger partial charge in [0.2, 0.25) is 0 Å². The van der Waals surface area contributed by atoms with Crippen LogP contribution in [0, 0.1) is 5.82 Å². The van der Waals surface area contributed by atoms with E-state index < -0.39 is 36.0 Å². The molecule has 138 valence electrons. The highest BCUT2D eigenvalue weighted by atomic mass is 19.4. The molecule has 2 aromatic rings. The van der Waals surface area contributed by atoms with Crippen LogP contribution in [0.5, 0.6) is 5.75 Å². The lowest BCUT2D eigenvalue weighted by molar-refractivity contribution is -0.137. The van der Waals surface area contributed by atoms with Gasteiger partial charge >= 0.3 is 12.1 Å². The molecule has 1 amide bonds. The Morgan fingerprint density at radius 1 is 1.08 bits per heavy atom. The first-order valence-corrected chi connectivity index (χ1v) is 7.18. The molecule has 0 aliphatic heterocycles. The maximum atomic E-state index is 13.5. The maximum Gasteiger partial charge on any atom is 0.416 e. The zero-order chi connectivity index (χ0) is 19.3. The summed E-state index contributed by atoms with van der Waals surface area (Å²) in [5.74, 6) is -2.51. The molecule has 0 atom stereocenters. The minimum absolute atomic E-state index is 0.0541. The summed E-state index contributed by atoms with van der Waals surface area (Å²) in [5.41, 5.74) is -0.872. The molecule has 1 N–H and O–H groups in total. The third-order valence-electron chi connectivity index (χ3n) is 3.22. The molecule has 5 nitrogen and oxygen atoms in total. The van der Waals surface area contributed by atoms with E-state index in [-0.39, 0.29) is 17.0 Å². The van der Waals surface area contributed by atoms with E-state index in [9.17, 15) is 27.2 Å². The smallest absolute Gasteiger partial charge is 0.416 e. The molecule has 0 heterocycles. The molecule has 0 aliphatic rings. The van der Waals surface area contributed by atoms with Gasteiger partial charge in [0.15, 0.2) is 18.2 Å². The van der Waals surface area contributed by atoms with E-state index in [1.54, 1.807) is 0 Å². The van der Waals surface area contributed by atoms with Crippen LogP contribution in [0.25, 0.3) is 0 Å². The van der Waals surface area contributed by atoms with Gasteiger partial charge in [-0.15, -0.1) is 0 Å². The topological polar surface area (TPSA) is 64.6 Å². The first-order valence-electron chi connectivity index (χ1n) is 7.18. The number of carbonyl (C=O) groups is 2. The van der Waals surface area contributed by atoms with Gasteiger partial charge in [0.05, 0.1) is 18.2 Å². The van der Waals surface area contributed by atoms with Gasteiger partial charge in [-0.3, -0.25) is 4.79 Å². The van der Waals surface area contributed by atoms with E-state index in [0.717, 1.165) is 30.3 Å². The molecule has 0 saturated heterocycles. The van der Waals surface area contributed by atoms with Crippen LogP contribution in [-0.2, 0) is 15.7 Å². The van der Waals surface area contributed by atoms with Crippen LogP contribution in [0.15, 0.2) is 42.5 Å². The van der Waals surface area contributed by atoms with Crippen molar-refractivity contribution < 1.29 is 36.6 Å². The summed E-state index contributed by atoms with van der Waals surface area (Å²) in [7, 11) is 1.27. The molecule has 2 aromatic carbocycles. The Kier molecular flexibility index (Phi) is 5.81. The number of anilines is 1. The molecule has 0 radical (unpaired) electrons. The molecule has 9 heteroatoms. The van der Waals surface area contributed by atoms with Crippen molar-refractivity contribution in [1.82, 2.24) is 0 Å². The summed E-state index contributed by atoms with van der Waals surface area (Å²) < 4.78 is 60.3. The molecule has 0 spiro atoms. The largest absolute Gasteiger partial charge is 0.494 e. The van der Waals surface area contributed by atoms with Crippen molar-refractivity contribution in [3.8, 4) is 5.75 Å². The van der Waals surface area contributed by atoms with E-state index in [0.29, 0.717) is 0 Å². The predicted octanol–water partition coefficient (Wildman–Crippen LogP) is 3.65. The Hall–Kier alpha value is -3.10. The van der Waals surface area contributed by atoms with Gasteiger partial charge in [0.25, 0.3) is 5.91 Å². The average molecular weight is 371 g/mol. The highest BCUT2D eigenvalue weighted by Crippen LogP contribution is 2.29. The number of methoxy groups -OCH3 is 1. The van der Waals surface area contributed by atoms with E-state index in [1.165, 1.54) is 19.2 Å². The summed E-state index contributed by atoms with van der Waals surface area (Å²) in [6, 6.07) is 7.15. The third kappa shape index (κ3) is 4.95. The summed E-state index contributed by atoms with van der Waals surface area (Å²) >= 11 is 0. The highest BCUT2D eigenvalue weighted by molar-refractivity contribution is 5.95. The molecular weight excluding hydrogens is 358 g/mol. The summed E-state index contributed by atoms with van der Waals surface area (Å²) in [4.78, 5) is 23.5. The van der Waals surface area contributed by atoms with Gasteiger partial charge in [0.1, 0.15) is 0 Å². The minimum Gasteiger partial charge on any atom is -0.494 e. The third-order valence-corrected chi connectivity index (χ3v) is 3.22. The molecule has 0 unspecified atom stereocenters. The standard InChI is InChI=1S/C17H13F4NO4/c1-25-14-7-2-10(8-13(14)18)16(24)26-9-15(23)22-12-5-3-11(4-6-12)17(19,20)21/h2-8H,9H2,1H3,(H,22,23). The monoisotopic (exact) mass is 371 g/mol. The second-order valence-corrected chi connectivity index (χ2v) is 5.05. The first-order chi connectivity index (χ1) is 12.2. The van der Waals surface area contributed by atoms with E-state index in [4.69, 9.17) is 9.47 Å². The number of halogens is 4. The molecule has 0 aliphatic carbocycles. The Morgan fingerprint density at radius 3 is 2.27 bits per heavy atom. The van der Waals surface area contributed by atoms with Crippen LogP contribution in [0.1, 0.15) is 15.9 Å². The van der Waals surface area contributed by atoms with Crippen molar-refractivity contribution in [2.75, 3.05) is 19.0 Å². The van der Waals surface area contributed by atoms with Gasteiger partial charge in [-0.05, 0) is 42.5 Å². The number of carbonyl (C=O) groups excluding carboxylic acids is 2. The van der Waals surface area contributed by atoms with E-state index in [1.807, 2.05) is 0 Å². The number of ether oxygens (including phenoxy) is 2. The molecule has 2 rings (SSSR count). The summed E-state index contributed by atoms with van der Waals surface area (Å²) in [6.07, 6.45) is -4.48. The van der Waals surface area contributed by atoms with Crippen molar-refractivity contribution >= 4 is 17.6 Å². The fourth-order valence-electron chi connectivity index (χ4n) is 1.95. The van der Waals surface area contributed by atoms with Crippen LogP contribution >= 0.6 is 0 Å². The van der Waals surface area contributed by atoms with Crippen molar-refractivity contribution in [2.24, 2.45) is 0 Å². The number of esters is 1. The first kappa shape index (κ1) is 19.2. The number of alkyl halides is 3. The van der Waals surface area contributed by atoms with Crippen LogP contribution in [0.3, 0.4) is 0 Å². The Bertz CT molecular complexity index is 803. The lowest BCUT2D eigenvalue weighted by Gasteiger charge is -2.09. The summed E-state index contributed by atoms with van der Waals surface area (Å²) in [6.45, 7) is -0.687. The second-order valence-electron chi connectivity index (χ2n) is 5.05. The molecule has 26 heavy (non-hydrogen) atoms. The number of benzene rings is 2. The van der Waals surface area contributed by atoms with Crippen molar-refractivity contribution in [3.05, 3.63) is 59.4 Å². The highest BCUT2D eigenvalue weighted by Gasteiger charge is 2.30. The van der Waals surface area contributed by atoms with Crippen molar-refractivity contribution in [1.29, 1.82) is 0 Å². The van der Waals surface area contributed by atoms with Crippen LogP contribution in [0.4, 0.5) is 23.2 Å². The molecule has 0 saturated carbocycles. The Balaban J connectivity index is 1.90. The zero-order valence-corrected chi connectivity index (χ0v) is 13.4. The van der Waals surface area contributed by atoms with E-state index >= 15 is 0 Å². The average Bonchev–Trinajstić information content (AvgIpc) is 2.59. The number of hydrogen-bond donors (Lipinski definition) is 1. The lowest BCUT2D eigenvalue weighted by atomic mass is 10.2. The fraction of sp³-hybridized carbons (Fsp3) is 0.176. The predicted molar refractivity (Wildman–Crippen MR) is 83.3 cm³/mol. The lowest BCUT2D eigenvalue weighted by Crippen LogP contribution is -2.21. The number of amides is 1. The molecule has 0 aromatic heterocycles. The SMILES string of the molecule is COc1ccc(C(=O)OCC(=O)Nc2ccc(C(F)(F)F)cc2)cc1F. The van der Waals surface area contributed by atoms with Crippen LogP contribution < -0.4 is 10.1 Å². The summed E-state index contributed by atoms with van der Waals surface area (Å²) in [5, 5.41) is 2.28. The van der Waals surface area contributed by atoms with Crippen molar-refractivity contribution in [2.45, 2.75) is 6.18 Å².